The Balaban J connectivity index is 0.000000258. The van der Waals surface area contributed by atoms with Crippen LogP contribution in [0.3, 0.4) is 0 Å². The second kappa shape index (κ2) is 59.4. The number of hydrogen-bond donors (Lipinski definition) is 5. The van der Waals surface area contributed by atoms with E-state index in [-0.39, 0.29) is 66.3 Å². The van der Waals surface area contributed by atoms with Gasteiger partial charge in [-0.3, -0.25) is 48.2 Å². The third-order valence-electron chi connectivity index (χ3n) is 27.7. The molecule has 5 fully saturated rings. The summed E-state index contributed by atoms with van der Waals surface area (Å²) in [6.07, 6.45) is 33.3. The highest BCUT2D eigenvalue weighted by Crippen LogP contribution is 2.33. The van der Waals surface area contributed by atoms with E-state index in [1.807, 2.05) is 113 Å². The highest BCUT2D eigenvalue weighted by Gasteiger charge is 2.29. The number of aliphatic hydroxyl groups is 1. The molecule has 0 bridgehead atoms. The largest absolute Gasteiger partial charge is 0.389 e. The molecule has 23 nitrogen and oxygen atoms in total. The first kappa shape index (κ1) is 128. The molecule has 826 valence electrons. The zero-order valence-corrected chi connectivity index (χ0v) is 99.6. The molecule has 5 saturated heterocycles. The summed E-state index contributed by atoms with van der Waals surface area (Å²) in [5, 5.41) is 30.6. The molecule has 0 atom stereocenters. The maximum Gasteiger partial charge on any atom is 0.253 e. The van der Waals surface area contributed by atoms with Crippen LogP contribution in [0.25, 0.3) is 0 Å². The van der Waals surface area contributed by atoms with Crippen LogP contribution in [0.4, 0.5) is 23.3 Å². The van der Waals surface area contributed by atoms with E-state index in [0.717, 1.165) is 157 Å². The lowest BCUT2D eigenvalue weighted by Gasteiger charge is -2.36. The third-order valence-corrected chi connectivity index (χ3v) is 27.7. The fourth-order valence-electron chi connectivity index (χ4n) is 17.0. The third kappa shape index (κ3) is 48.7. The number of amides is 2. The fourth-order valence-corrected chi connectivity index (χ4v) is 17.0. The van der Waals surface area contributed by atoms with E-state index in [1.54, 1.807) is 13.8 Å². The van der Waals surface area contributed by atoms with Gasteiger partial charge in [-0.05, 0) is 290 Å². The molecule has 7 aromatic heterocycles. The molecular weight excluding hydrogens is 1850 g/mol. The maximum atomic E-state index is 12.4. The topological polar surface area (TPSA) is 253 Å². The second-order valence-electron chi connectivity index (χ2n) is 52.0. The Morgan fingerprint density at radius 1 is 0.423 bits per heavy atom. The number of piperidine rings is 4. The van der Waals surface area contributed by atoms with Crippen LogP contribution in [-0.2, 0) is 78.3 Å². The van der Waals surface area contributed by atoms with Gasteiger partial charge in [0.05, 0.1) is 37.5 Å². The molecule has 9 aromatic rings. The number of aromatic nitrogens is 9. The zero-order chi connectivity index (χ0) is 111. The number of ketones is 2. The predicted molar refractivity (Wildman–Crippen MR) is 627 cm³/mol. The van der Waals surface area contributed by atoms with E-state index in [0.29, 0.717) is 56.0 Å². The molecule has 0 spiro atoms. The van der Waals surface area contributed by atoms with Crippen LogP contribution in [-0.4, -0.2) is 209 Å². The van der Waals surface area contributed by atoms with Gasteiger partial charge < -0.3 is 36.2 Å². The van der Waals surface area contributed by atoms with Crippen molar-refractivity contribution in [2.75, 3.05) is 126 Å². The molecule has 2 aromatic carbocycles. The van der Waals surface area contributed by atoms with Crippen molar-refractivity contribution < 1.29 is 24.3 Å². The Kier molecular flexibility index (Phi) is 50.9. The Morgan fingerprint density at radius 3 is 1.26 bits per heavy atom. The van der Waals surface area contributed by atoms with Gasteiger partial charge in [0.2, 0.25) is 5.91 Å². The lowest BCUT2D eigenvalue weighted by Crippen LogP contribution is -2.50. The normalized spacial score (nSPS) is 15.6. The van der Waals surface area contributed by atoms with Gasteiger partial charge in [0.15, 0.2) is 11.6 Å². The van der Waals surface area contributed by atoms with Crippen LogP contribution in [0.2, 0.25) is 0 Å². The molecule has 0 unspecified atom stereocenters. The number of Topliss-reactive ketones (excluding diaryl/α,β-unsaturated/α-hetero) is 2. The summed E-state index contributed by atoms with van der Waals surface area (Å²) in [6.45, 7) is 89.5. The predicted octanol–water partition coefficient (Wildman–Crippen LogP) is 26.2. The monoisotopic (exact) mass is 2050 g/mol. The minimum absolute atomic E-state index is 0.0283. The van der Waals surface area contributed by atoms with Gasteiger partial charge in [0.25, 0.3) is 5.91 Å². The first-order valence-electron chi connectivity index (χ1n) is 55.9. The van der Waals surface area contributed by atoms with Crippen molar-refractivity contribution in [2.24, 2.45) is 18.9 Å². The van der Waals surface area contributed by atoms with E-state index in [4.69, 9.17) is 0 Å². The first-order chi connectivity index (χ1) is 69.4. The molecular formula is C126H202N18O5. The van der Waals surface area contributed by atoms with Crippen LogP contribution >= 0.6 is 0 Å². The summed E-state index contributed by atoms with van der Waals surface area (Å²) in [4.78, 5) is 82.6. The summed E-state index contributed by atoms with van der Waals surface area (Å²) in [5.74, 6) is 5.70. The molecule has 0 radical (unpaired) electrons. The van der Waals surface area contributed by atoms with Crippen molar-refractivity contribution in [1.82, 2.24) is 69.4 Å². The van der Waals surface area contributed by atoms with Crippen molar-refractivity contribution in [3.8, 4) is 0 Å². The number of piperazine rings is 1. The molecule has 0 saturated carbocycles. The number of nitrogens with one attached hydrogen (secondary N) is 4. The van der Waals surface area contributed by atoms with E-state index in [1.165, 1.54) is 102 Å². The minimum Gasteiger partial charge on any atom is -0.389 e. The number of benzene rings is 2. The smallest absolute Gasteiger partial charge is 0.253 e. The number of anilines is 4. The van der Waals surface area contributed by atoms with Gasteiger partial charge in [-0.2, -0.15) is 10.2 Å². The number of carbonyl (C=O) groups is 4. The summed E-state index contributed by atoms with van der Waals surface area (Å²) in [5.41, 5.74) is 14.5. The van der Waals surface area contributed by atoms with Gasteiger partial charge >= 0.3 is 0 Å². The van der Waals surface area contributed by atoms with Crippen LogP contribution in [0.15, 0.2) is 165 Å². The number of hydrogen-bond acceptors (Lipinski definition) is 19. The molecule has 23 heteroatoms. The summed E-state index contributed by atoms with van der Waals surface area (Å²) < 4.78 is 3.85. The maximum absolute atomic E-state index is 12.4. The first-order valence-corrected chi connectivity index (χ1v) is 55.9. The summed E-state index contributed by atoms with van der Waals surface area (Å²) in [7, 11) is 1.94. The van der Waals surface area contributed by atoms with Gasteiger partial charge in [0, 0.05) is 152 Å². The average molecular weight is 2050 g/mol. The van der Waals surface area contributed by atoms with E-state index < -0.39 is 5.60 Å². The van der Waals surface area contributed by atoms with Crippen molar-refractivity contribution in [3.63, 3.8) is 0 Å². The van der Waals surface area contributed by atoms with E-state index >= 15 is 0 Å². The van der Waals surface area contributed by atoms with Gasteiger partial charge in [0.1, 0.15) is 23.3 Å². The SMILES string of the molecule is CC(C)(C)c1ccc(N2CCCCC2)nc1.CC(C)(C)c1cccc(C(=O)CC2CCNCC2)c1.CC(C)(C)c1cccc(C(=O)N2CCCCC2)c1.CC(C)(O)CNc1ccc(C(C)(C)C)cn1.CC(C)N1CCN(CC(=O)Cc2ccc(C(C)(C)C)cn2)CC1.CC1CCN(CC(=O)Nc2ccc(C(C)(C)C)cn2)CC1.CCCNc1ccc(C(C)(C)C)cn1.CCCn1cc(C(C)(C)C)cn1.Cn1cc(C(C)(C)C)cn1. The van der Waals surface area contributed by atoms with E-state index in [9.17, 15) is 24.3 Å². The van der Waals surface area contributed by atoms with Gasteiger partial charge in [-0.15, -0.1) is 0 Å². The molecule has 12 heterocycles. The summed E-state index contributed by atoms with van der Waals surface area (Å²) in [6, 6.07) is 37.5. The Labute approximate surface area is 903 Å². The number of nitrogens with zero attached hydrogens (tertiary/aromatic N) is 14. The molecule has 5 aliphatic rings. The summed E-state index contributed by atoms with van der Waals surface area (Å²) >= 11 is 0. The van der Waals surface area contributed by atoms with Crippen LogP contribution in [0.5, 0.6) is 0 Å². The highest BCUT2D eigenvalue weighted by molar-refractivity contribution is 5.96. The number of carbonyl (C=O) groups excluding carboxylic acids is 4. The molecule has 14 rings (SSSR count). The quantitative estimate of drug-likeness (QED) is 0.0419. The van der Waals surface area contributed by atoms with Crippen LogP contribution in [0.1, 0.15) is 395 Å². The van der Waals surface area contributed by atoms with Gasteiger partial charge in [-0.25, -0.2) is 19.9 Å². The molecule has 0 aliphatic carbocycles. The van der Waals surface area contributed by atoms with Crippen molar-refractivity contribution in [1.29, 1.82) is 0 Å². The molecule has 5 aliphatic heterocycles. The Bertz CT molecular complexity index is 5330. The lowest BCUT2D eigenvalue weighted by atomic mass is 9.84. The lowest BCUT2D eigenvalue weighted by molar-refractivity contribution is -0.120. The van der Waals surface area contributed by atoms with Crippen molar-refractivity contribution in [2.45, 2.75) is 392 Å². The Hall–Kier alpha value is -9.91. The molecule has 149 heavy (non-hydrogen) atoms. The number of likely N-dealkylation sites (tertiary alicyclic amines) is 2. The van der Waals surface area contributed by atoms with Crippen LogP contribution < -0.4 is 26.2 Å². The van der Waals surface area contributed by atoms with E-state index in [2.05, 4.69) is 371 Å². The fraction of sp³-hybridized carbons (Fsp3) is 0.627. The van der Waals surface area contributed by atoms with Crippen molar-refractivity contribution >= 4 is 46.7 Å². The number of rotatable bonds is 21. The highest BCUT2D eigenvalue weighted by atomic mass is 16.3. The standard InChI is InChI=1S/C19H31N3O.C17H27N3O.C17H25NO.C16H23NO.C14H22N2.C13H22N2O.C12H20N2.C10H18N2.C8H14N2/c1-15(2)22-10-8-21(9-11-22)14-18(23)12-17-7-6-16(13-20-17)19(3,4)5;1-13-7-9-20(10-8-13)12-16(21)19-15-6-5-14(11-18-15)17(2,3)4;1-17(2,3)15-6-4-5-14(12-15)16(19)11-13-7-9-18-10-8-13;1-16(2,3)14-9-7-8-13(12-14)15(18)17-10-5-4-6-11-17;1-14(2,3)12-7-8-13(15-11-12)16-9-5-4-6-10-16;1-12(2,3)10-6-7-11(14-8-10)15-9-13(4,5)16;1-5-8-13-11-7-6-10(9-14-11)12(2,3)4;1-5-6-12-8-9(7-11-12)10(2,3)4;1-8(2,3)7-5-9-10(4)6-7/h6-7,13,15H,8-12,14H2,1-5H3;5-6,11,13H,7-10,12H2,1-4H3,(H,18,19,21);4-6,12-13,18H,7-11H2,1-3H3;7-9,12H,4-6,10-11H2,1-3H3;7-8,11H,4-6,9-10H2,1-3H3;6-8,16H,9H2,1-5H3,(H,14,15);6-7,9H,5,8H2,1-4H3,(H,13,14);7-8H,5-6H2,1-4H3;5-6H,1-4H3. The molecule has 5 N–H and O–H groups in total. The van der Waals surface area contributed by atoms with Crippen LogP contribution in [0, 0.1) is 11.8 Å². The van der Waals surface area contributed by atoms with Gasteiger partial charge in [-0.1, -0.05) is 268 Å². The number of aryl methyl sites for hydroxylation is 2. The Morgan fingerprint density at radius 2 is 0.852 bits per heavy atom. The second-order valence-corrected chi connectivity index (χ2v) is 52.0. The molecule has 2 amide bonds. The average Bonchev–Trinajstić information content (AvgIpc) is 1.80. The minimum atomic E-state index is -0.718. The van der Waals surface area contributed by atoms with Crippen molar-refractivity contribution in [3.05, 3.63) is 232 Å². The number of pyridine rings is 5. The zero-order valence-electron chi connectivity index (χ0n) is 99.6.